The number of carbonyl (C=O) groups is 1. The summed E-state index contributed by atoms with van der Waals surface area (Å²) in [5, 5.41) is -0.491. The van der Waals surface area contributed by atoms with Crippen LogP contribution in [-0.2, 0) is 4.79 Å². The SMILES string of the molecule is CC1=C\N=C(Cl)\C(C(=O)Cl)=C/C=C\1. The second-order valence-electron chi connectivity index (χ2n) is 2.51. The monoisotopic (exact) mass is 215 g/mol. The molecule has 2 nitrogen and oxygen atoms in total. The molecule has 0 spiro atoms. The molecule has 13 heavy (non-hydrogen) atoms. The van der Waals surface area contributed by atoms with Gasteiger partial charge in [-0.2, -0.15) is 0 Å². The number of nitrogens with zero attached hydrogens (tertiary/aromatic N) is 1. The van der Waals surface area contributed by atoms with E-state index in [0.717, 1.165) is 5.57 Å². The summed E-state index contributed by atoms with van der Waals surface area (Å²) in [6.07, 6.45) is 6.63. The molecule has 1 rings (SSSR count). The predicted octanol–water partition coefficient (Wildman–Crippen LogP) is 2.79. The highest BCUT2D eigenvalue weighted by Gasteiger charge is 2.10. The van der Waals surface area contributed by atoms with Gasteiger partial charge in [-0.05, 0) is 30.2 Å². The molecule has 0 atom stereocenters. The Morgan fingerprint density at radius 2 is 2.23 bits per heavy atom. The molecule has 0 aliphatic carbocycles. The molecule has 0 N–H and O–H groups in total. The van der Waals surface area contributed by atoms with Crippen LogP contribution in [0.4, 0.5) is 0 Å². The Morgan fingerprint density at radius 1 is 1.54 bits per heavy atom. The maximum atomic E-state index is 10.8. The van der Waals surface area contributed by atoms with Crippen LogP contribution in [0, 0.1) is 0 Å². The third-order valence-electron chi connectivity index (χ3n) is 1.44. The largest absolute Gasteiger partial charge is 0.275 e. The molecule has 0 amide bonds. The van der Waals surface area contributed by atoms with Gasteiger partial charge in [0.25, 0.3) is 5.24 Å². The van der Waals surface area contributed by atoms with Gasteiger partial charge in [-0.1, -0.05) is 23.8 Å². The summed E-state index contributed by atoms with van der Waals surface area (Å²) < 4.78 is 0. The minimum absolute atomic E-state index is 0.115. The van der Waals surface area contributed by atoms with E-state index in [-0.39, 0.29) is 10.7 Å². The second-order valence-corrected chi connectivity index (χ2v) is 3.21. The molecule has 0 unspecified atom stereocenters. The van der Waals surface area contributed by atoms with Crippen molar-refractivity contribution in [2.75, 3.05) is 0 Å². The Hall–Kier alpha value is -0.860. The highest BCUT2D eigenvalue weighted by Crippen LogP contribution is 2.11. The number of hydrogen-bond acceptors (Lipinski definition) is 2. The van der Waals surface area contributed by atoms with E-state index in [2.05, 4.69) is 4.99 Å². The molecule has 0 bridgehead atoms. The van der Waals surface area contributed by atoms with Gasteiger partial charge >= 0.3 is 0 Å². The normalized spacial score (nSPS) is 31.2. The van der Waals surface area contributed by atoms with Crippen molar-refractivity contribution < 1.29 is 4.79 Å². The molecule has 0 aromatic carbocycles. The molecule has 0 radical (unpaired) electrons. The molecule has 4 heteroatoms. The van der Waals surface area contributed by atoms with Gasteiger partial charge < -0.3 is 0 Å². The number of aliphatic imine (C=N–C) groups is 1. The van der Waals surface area contributed by atoms with Crippen molar-refractivity contribution in [3.8, 4) is 0 Å². The van der Waals surface area contributed by atoms with Gasteiger partial charge in [0.05, 0.1) is 5.57 Å². The smallest absolute Gasteiger partial charge is 0.255 e. The Labute approximate surface area is 86.2 Å². The zero-order valence-corrected chi connectivity index (χ0v) is 8.43. The average Bonchev–Trinajstić information content (AvgIpc) is 2.05. The average molecular weight is 216 g/mol. The Bertz CT molecular complexity index is 351. The van der Waals surface area contributed by atoms with E-state index >= 15 is 0 Å². The first-order chi connectivity index (χ1) is 6.11. The van der Waals surface area contributed by atoms with Crippen LogP contribution in [0.25, 0.3) is 0 Å². The van der Waals surface area contributed by atoms with Crippen LogP contribution >= 0.6 is 23.2 Å². The van der Waals surface area contributed by atoms with Crippen LogP contribution in [0.1, 0.15) is 6.92 Å². The molecule has 1 aliphatic heterocycles. The first-order valence-corrected chi connectivity index (χ1v) is 4.35. The summed E-state index contributed by atoms with van der Waals surface area (Å²) in [4.78, 5) is 14.7. The van der Waals surface area contributed by atoms with Crippen LogP contribution in [0.3, 0.4) is 0 Å². The van der Waals surface area contributed by atoms with Crippen molar-refractivity contribution in [1.29, 1.82) is 0 Å². The second kappa shape index (κ2) is 4.40. The lowest BCUT2D eigenvalue weighted by molar-refractivity contribution is -0.108. The quantitative estimate of drug-likeness (QED) is 0.619. The molecule has 0 saturated carbocycles. The van der Waals surface area contributed by atoms with Crippen molar-refractivity contribution >= 4 is 33.6 Å². The lowest BCUT2D eigenvalue weighted by Gasteiger charge is -1.99. The maximum absolute atomic E-state index is 10.8. The fraction of sp³-hybridized carbons (Fsp3) is 0.111. The summed E-state index contributed by atoms with van der Waals surface area (Å²) in [6.45, 7) is 1.88. The minimum Gasteiger partial charge on any atom is -0.275 e. The van der Waals surface area contributed by atoms with Crippen LogP contribution in [0.2, 0.25) is 0 Å². The van der Waals surface area contributed by atoms with E-state index in [1.165, 1.54) is 6.08 Å². The molecule has 1 heterocycles. The summed E-state index contributed by atoms with van der Waals surface area (Å²) in [5.74, 6) is 0. The Morgan fingerprint density at radius 3 is 2.85 bits per heavy atom. The van der Waals surface area contributed by atoms with E-state index in [9.17, 15) is 4.79 Å². The Kier molecular flexibility index (Phi) is 3.46. The van der Waals surface area contributed by atoms with Gasteiger partial charge in [-0.3, -0.25) is 4.79 Å². The third kappa shape index (κ3) is 2.83. The molecular weight excluding hydrogens is 209 g/mol. The van der Waals surface area contributed by atoms with Crippen LogP contribution in [-0.4, -0.2) is 10.4 Å². The molecule has 1 aliphatic rings. The fourth-order valence-electron chi connectivity index (χ4n) is 0.783. The van der Waals surface area contributed by atoms with Crippen LogP contribution in [0.5, 0.6) is 0 Å². The lowest BCUT2D eigenvalue weighted by atomic mass is 10.2. The number of carbonyl (C=O) groups excluding carboxylic acids is 1. The van der Waals surface area contributed by atoms with Crippen molar-refractivity contribution in [2.45, 2.75) is 6.92 Å². The van der Waals surface area contributed by atoms with Gasteiger partial charge in [0.2, 0.25) is 0 Å². The van der Waals surface area contributed by atoms with Crippen molar-refractivity contribution in [2.24, 2.45) is 4.99 Å². The summed E-state index contributed by atoms with van der Waals surface area (Å²) >= 11 is 11.0. The number of halogens is 2. The van der Waals surface area contributed by atoms with Gasteiger partial charge in [0, 0.05) is 6.20 Å². The first kappa shape index (κ1) is 10.2. The van der Waals surface area contributed by atoms with E-state index in [4.69, 9.17) is 23.2 Å². The van der Waals surface area contributed by atoms with Crippen LogP contribution in [0.15, 0.2) is 40.6 Å². The van der Waals surface area contributed by atoms with E-state index < -0.39 is 5.24 Å². The summed E-state index contributed by atoms with van der Waals surface area (Å²) in [7, 11) is 0. The molecule has 0 aromatic heterocycles. The minimum atomic E-state index is -0.605. The van der Waals surface area contributed by atoms with E-state index in [1.54, 1.807) is 12.3 Å². The van der Waals surface area contributed by atoms with E-state index in [0.29, 0.717) is 0 Å². The predicted molar refractivity (Wildman–Crippen MR) is 55.1 cm³/mol. The number of allylic oxidation sites excluding steroid dienone is 5. The van der Waals surface area contributed by atoms with Gasteiger partial charge in [0.15, 0.2) is 0 Å². The lowest BCUT2D eigenvalue weighted by Crippen LogP contribution is -2.02. The van der Waals surface area contributed by atoms with E-state index in [1.807, 2.05) is 13.0 Å². The Balaban J connectivity index is 3.08. The summed E-state index contributed by atoms with van der Waals surface area (Å²) in [5.41, 5.74) is 1.17. The highest BCUT2D eigenvalue weighted by molar-refractivity contribution is 6.81. The molecule has 0 aromatic rings. The first-order valence-electron chi connectivity index (χ1n) is 3.60. The highest BCUT2D eigenvalue weighted by atomic mass is 35.5. The van der Waals surface area contributed by atoms with Crippen molar-refractivity contribution in [3.05, 3.63) is 35.6 Å². The molecule has 0 saturated heterocycles. The van der Waals surface area contributed by atoms with Crippen molar-refractivity contribution in [1.82, 2.24) is 0 Å². The summed E-state index contributed by atoms with van der Waals surface area (Å²) in [6, 6.07) is 0. The van der Waals surface area contributed by atoms with Gasteiger partial charge in [-0.25, -0.2) is 4.99 Å². The van der Waals surface area contributed by atoms with Gasteiger partial charge in [-0.15, -0.1) is 0 Å². The maximum Gasteiger partial charge on any atom is 0.255 e. The number of hydrogen-bond donors (Lipinski definition) is 0. The zero-order chi connectivity index (χ0) is 9.84. The molecule has 0 fully saturated rings. The topological polar surface area (TPSA) is 29.4 Å². The fourth-order valence-corrected chi connectivity index (χ4v) is 1.18. The van der Waals surface area contributed by atoms with Gasteiger partial charge in [0.1, 0.15) is 5.17 Å². The number of rotatable bonds is 1. The molecule has 68 valence electrons. The van der Waals surface area contributed by atoms with Crippen LogP contribution < -0.4 is 0 Å². The zero-order valence-electron chi connectivity index (χ0n) is 6.92. The molecular formula is C9H7Cl2NO. The third-order valence-corrected chi connectivity index (χ3v) is 1.94. The van der Waals surface area contributed by atoms with Crippen molar-refractivity contribution in [3.63, 3.8) is 0 Å². The standard InChI is InChI=1S/C9H7Cl2NO/c1-6-3-2-4-7(9(11)13)8(10)12-5-6/h2-5H,1H3/b3-2-,4-2?,6-3?,6-5+,7-4+,8-7?,12-5?,12-8-.